The van der Waals surface area contributed by atoms with Crippen LogP contribution in [0.3, 0.4) is 0 Å². The van der Waals surface area contributed by atoms with Crippen molar-refractivity contribution in [2.45, 2.75) is 38.0 Å². The van der Waals surface area contributed by atoms with Crippen molar-refractivity contribution in [2.24, 2.45) is 0 Å². The molecule has 3 rings (SSSR count). The molecule has 1 unspecified atom stereocenters. The number of carbonyl (C=O) groups is 1. The van der Waals surface area contributed by atoms with E-state index >= 15 is 0 Å². The highest BCUT2D eigenvalue weighted by molar-refractivity contribution is 5.83. The average Bonchev–Trinajstić information content (AvgIpc) is 3.20. The summed E-state index contributed by atoms with van der Waals surface area (Å²) in [6, 6.07) is 8.76. The number of ether oxygens (including phenoxy) is 1. The minimum Gasteiger partial charge on any atom is -0.481 e. The standard InChI is InChI=1S/C15H20N2O2/c1-17-9-8-14(15(17)18)19-13-6-2-11(3-7-13)10-16-12-4-5-12/h2-3,6-7,12,14,16H,4-5,8-10H2,1H3. The number of hydrogen-bond acceptors (Lipinski definition) is 3. The van der Waals surface area contributed by atoms with Crippen LogP contribution < -0.4 is 10.1 Å². The Bertz CT molecular complexity index is 454. The number of nitrogens with zero attached hydrogens (tertiary/aromatic N) is 1. The molecule has 1 aliphatic carbocycles. The molecule has 1 heterocycles. The summed E-state index contributed by atoms with van der Waals surface area (Å²) in [6.07, 6.45) is 3.08. The zero-order valence-corrected chi connectivity index (χ0v) is 11.3. The topological polar surface area (TPSA) is 41.6 Å². The van der Waals surface area contributed by atoms with Gasteiger partial charge >= 0.3 is 0 Å². The Kier molecular flexibility index (Phi) is 3.42. The van der Waals surface area contributed by atoms with Crippen LogP contribution in [-0.4, -0.2) is 36.5 Å². The van der Waals surface area contributed by atoms with Gasteiger partial charge in [-0.2, -0.15) is 0 Å². The Hall–Kier alpha value is -1.55. The maximum atomic E-state index is 11.8. The second-order valence-electron chi connectivity index (χ2n) is 5.45. The van der Waals surface area contributed by atoms with Crippen molar-refractivity contribution in [1.29, 1.82) is 0 Å². The van der Waals surface area contributed by atoms with Crippen LogP contribution in [0.15, 0.2) is 24.3 Å². The quantitative estimate of drug-likeness (QED) is 0.873. The highest BCUT2D eigenvalue weighted by atomic mass is 16.5. The van der Waals surface area contributed by atoms with Gasteiger partial charge < -0.3 is 15.0 Å². The van der Waals surface area contributed by atoms with Gasteiger partial charge in [0.1, 0.15) is 5.75 Å². The van der Waals surface area contributed by atoms with Gasteiger partial charge in [0.05, 0.1) is 0 Å². The summed E-state index contributed by atoms with van der Waals surface area (Å²) in [6.45, 7) is 1.70. The SMILES string of the molecule is CN1CCC(Oc2ccc(CNC3CC3)cc2)C1=O. The number of rotatable bonds is 5. The summed E-state index contributed by atoms with van der Waals surface area (Å²) >= 11 is 0. The van der Waals surface area contributed by atoms with Crippen LogP contribution in [0.2, 0.25) is 0 Å². The van der Waals surface area contributed by atoms with Crippen LogP contribution >= 0.6 is 0 Å². The zero-order chi connectivity index (χ0) is 13.2. The maximum absolute atomic E-state index is 11.8. The fourth-order valence-electron chi connectivity index (χ4n) is 2.30. The average molecular weight is 260 g/mol. The number of nitrogens with one attached hydrogen (secondary N) is 1. The van der Waals surface area contributed by atoms with E-state index in [1.54, 1.807) is 4.90 Å². The number of likely N-dealkylation sites (tertiary alicyclic amines) is 1. The maximum Gasteiger partial charge on any atom is 0.263 e. The number of carbonyl (C=O) groups excluding carboxylic acids is 1. The smallest absolute Gasteiger partial charge is 0.263 e. The lowest BCUT2D eigenvalue weighted by Gasteiger charge is -2.13. The molecule has 1 saturated heterocycles. The zero-order valence-electron chi connectivity index (χ0n) is 11.3. The van der Waals surface area contributed by atoms with Crippen molar-refractivity contribution < 1.29 is 9.53 Å². The van der Waals surface area contributed by atoms with Crippen LogP contribution in [0.5, 0.6) is 5.75 Å². The van der Waals surface area contributed by atoms with Crippen LogP contribution in [0, 0.1) is 0 Å². The molecule has 19 heavy (non-hydrogen) atoms. The molecular weight excluding hydrogens is 240 g/mol. The molecule has 2 aliphatic rings. The van der Waals surface area contributed by atoms with Crippen molar-refractivity contribution in [1.82, 2.24) is 10.2 Å². The molecule has 0 radical (unpaired) electrons. The lowest BCUT2D eigenvalue weighted by atomic mass is 10.2. The molecule has 1 atom stereocenters. The van der Waals surface area contributed by atoms with Crippen molar-refractivity contribution in [3.63, 3.8) is 0 Å². The van der Waals surface area contributed by atoms with Gasteiger partial charge in [-0.3, -0.25) is 4.79 Å². The molecule has 1 aromatic rings. The molecule has 0 bridgehead atoms. The predicted octanol–water partition coefficient (Wildman–Crippen LogP) is 1.55. The second kappa shape index (κ2) is 5.21. The van der Waals surface area contributed by atoms with Gasteiger partial charge in [-0.1, -0.05) is 12.1 Å². The van der Waals surface area contributed by atoms with Gasteiger partial charge in [-0.15, -0.1) is 0 Å². The first-order valence-corrected chi connectivity index (χ1v) is 6.96. The van der Waals surface area contributed by atoms with Gasteiger partial charge in [-0.05, 0) is 30.5 Å². The Morgan fingerprint density at radius 1 is 1.26 bits per heavy atom. The highest BCUT2D eigenvalue weighted by Crippen LogP contribution is 2.21. The van der Waals surface area contributed by atoms with Gasteiger partial charge in [0.15, 0.2) is 6.10 Å². The Morgan fingerprint density at radius 2 is 2.00 bits per heavy atom. The van der Waals surface area contributed by atoms with E-state index < -0.39 is 0 Å². The third kappa shape index (κ3) is 3.07. The van der Waals surface area contributed by atoms with Gasteiger partial charge in [-0.25, -0.2) is 0 Å². The Labute approximate surface area is 113 Å². The molecule has 1 aliphatic heterocycles. The number of hydrogen-bond donors (Lipinski definition) is 1. The van der Waals surface area contributed by atoms with Crippen LogP contribution in [0.4, 0.5) is 0 Å². The van der Waals surface area contributed by atoms with E-state index in [2.05, 4.69) is 17.4 Å². The largest absolute Gasteiger partial charge is 0.481 e. The van der Waals surface area contributed by atoms with Crippen LogP contribution in [0.1, 0.15) is 24.8 Å². The summed E-state index contributed by atoms with van der Waals surface area (Å²) in [5.41, 5.74) is 1.26. The van der Waals surface area contributed by atoms with Crippen molar-refractivity contribution in [2.75, 3.05) is 13.6 Å². The van der Waals surface area contributed by atoms with Gasteiger partial charge in [0.25, 0.3) is 5.91 Å². The fourth-order valence-corrected chi connectivity index (χ4v) is 2.30. The molecule has 4 nitrogen and oxygen atoms in total. The Morgan fingerprint density at radius 3 is 2.58 bits per heavy atom. The number of likely N-dealkylation sites (N-methyl/N-ethyl adjacent to an activating group) is 1. The highest BCUT2D eigenvalue weighted by Gasteiger charge is 2.30. The molecule has 2 fully saturated rings. The van der Waals surface area contributed by atoms with Crippen molar-refractivity contribution in [3.8, 4) is 5.75 Å². The minimum absolute atomic E-state index is 0.0828. The van der Waals surface area contributed by atoms with E-state index in [1.165, 1.54) is 18.4 Å². The summed E-state index contributed by atoms with van der Waals surface area (Å²) < 4.78 is 5.74. The number of benzene rings is 1. The summed E-state index contributed by atoms with van der Waals surface area (Å²) in [5.74, 6) is 0.864. The Balaban J connectivity index is 1.54. The number of amides is 1. The first-order valence-electron chi connectivity index (χ1n) is 6.96. The lowest BCUT2D eigenvalue weighted by molar-refractivity contribution is -0.132. The van der Waals surface area contributed by atoms with Gasteiger partial charge in [0, 0.05) is 32.6 Å². The summed E-state index contributed by atoms with van der Waals surface area (Å²) in [7, 11) is 1.82. The first kappa shape index (κ1) is 12.5. The third-order valence-electron chi connectivity index (χ3n) is 3.75. The lowest BCUT2D eigenvalue weighted by Crippen LogP contribution is -2.29. The molecule has 102 valence electrons. The van der Waals surface area contributed by atoms with E-state index in [-0.39, 0.29) is 12.0 Å². The predicted molar refractivity (Wildman–Crippen MR) is 73.0 cm³/mol. The molecule has 0 spiro atoms. The van der Waals surface area contributed by atoms with E-state index in [4.69, 9.17) is 4.74 Å². The molecular formula is C15H20N2O2. The van der Waals surface area contributed by atoms with E-state index in [9.17, 15) is 4.79 Å². The van der Waals surface area contributed by atoms with E-state index in [1.807, 2.05) is 19.2 Å². The van der Waals surface area contributed by atoms with Crippen LogP contribution in [0.25, 0.3) is 0 Å². The van der Waals surface area contributed by atoms with Crippen molar-refractivity contribution >= 4 is 5.91 Å². The molecule has 1 amide bonds. The summed E-state index contributed by atoms with van der Waals surface area (Å²) in [4.78, 5) is 13.5. The van der Waals surface area contributed by atoms with Crippen LogP contribution in [-0.2, 0) is 11.3 Å². The first-order chi connectivity index (χ1) is 9.22. The molecule has 1 N–H and O–H groups in total. The van der Waals surface area contributed by atoms with E-state index in [0.717, 1.165) is 31.3 Å². The minimum atomic E-state index is -0.305. The molecule has 0 aromatic heterocycles. The monoisotopic (exact) mass is 260 g/mol. The molecule has 1 aromatic carbocycles. The molecule has 1 saturated carbocycles. The van der Waals surface area contributed by atoms with E-state index in [0.29, 0.717) is 0 Å². The second-order valence-corrected chi connectivity index (χ2v) is 5.45. The third-order valence-corrected chi connectivity index (χ3v) is 3.75. The van der Waals surface area contributed by atoms with Crippen molar-refractivity contribution in [3.05, 3.63) is 29.8 Å². The molecule has 4 heteroatoms. The normalized spacial score (nSPS) is 22.9. The van der Waals surface area contributed by atoms with Gasteiger partial charge in [0.2, 0.25) is 0 Å². The fraction of sp³-hybridized carbons (Fsp3) is 0.533. The summed E-state index contributed by atoms with van der Waals surface area (Å²) in [5, 5.41) is 3.48.